The molecular formula is C13H19FN2O2S. The molecule has 1 unspecified atom stereocenters. The molecule has 4 nitrogen and oxygen atoms in total. The minimum absolute atomic E-state index is 0.112. The first kappa shape index (κ1) is 15.8. The highest BCUT2D eigenvalue weighted by Crippen LogP contribution is 2.18. The van der Waals surface area contributed by atoms with E-state index in [2.05, 4.69) is 5.32 Å². The van der Waals surface area contributed by atoms with Crippen molar-refractivity contribution in [1.82, 2.24) is 0 Å². The zero-order valence-corrected chi connectivity index (χ0v) is 11.7. The molecule has 6 heteroatoms. The molecule has 0 spiro atoms. The Hall–Kier alpha value is -1.27. The van der Waals surface area contributed by atoms with Crippen LogP contribution in [0.3, 0.4) is 0 Å². The lowest BCUT2D eigenvalue weighted by Crippen LogP contribution is -2.13. The molecule has 0 aliphatic carbocycles. The summed E-state index contributed by atoms with van der Waals surface area (Å²) in [6.45, 7) is 2.05. The average Bonchev–Trinajstić information content (AvgIpc) is 2.38. The van der Waals surface area contributed by atoms with Crippen LogP contribution in [0.1, 0.15) is 19.8 Å². The summed E-state index contributed by atoms with van der Waals surface area (Å²) in [5, 5.41) is 11.5. The Kier molecular flexibility index (Phi) is 6.66. The maximum Gasteiger partial charge on any atom is 0.224 e. The summed E-state index contributed by atoms with van der Waals surface area (Å²) in [6, 6.07) is 4.07. The highest BCUT2D eigenvalue weighted by Gasteiger charge is 2.08. The molecule has 0 radical (unpaired) electrons. The van der Waals surface area contributed by atoms with Crippen LogP contribution in [-0.4, -0.2) is 28.6 Å². The SMILES string of the molecule is CC(CO)SCCCC(=O)Nc1cc(N)ccc1F. The lowest BCUT2D eigenvalue weighted by atomic mass is 10.2. The number of nitrogens with two attached hydrogens (primary N) is 1. The summed E-state index contributed by atoms with van der Waals surface area (Å²) in [7, 11) is 0. The highest BCUT2D eigenvalue weighted by atomic mass is 32.2. The summed E-state index contributed by atoms with van der Waals surface area (Å²) >= 11 is 1.61. The molecule has 1 aromatic rings. The van der Waals surface area contributed by atoms with Crippen LogP contribution >= 0.6 is 11.8 Å². The molecule has 4 N–H and O–H groups in total. The molecule has 1 atom stereocenters. The van der Waals surface area contributed by atoms with Gasteiger partial charge >= 0.3 is 0 Å². The Morgan fingerprint density at radius 2 is 2.32 bits per heavy atom. The van der Waals surface area contributed by atoms with E-state index in [1.807, 2.05) is 6.92 Å². The number of rotatable bonds is 7. The van der Waals surface area contributed by atoms with Crippen LogP contribution in [0.5, 0.6) is 0 Å². The monoisotopic (exact) mass is 286 g/mol. The number of thioether (sulfide) groups is 1. The van der Waals surface area contributed by atoms with Crippen LogP contribution in [-0.2, 0) is 4.79 Å². The number of amides is 1. The van der Waals surface area contributed by atoms with Crippen molar-refractivity contribution >= 4 is 29.0 Å². The van der Waals surface area contributed by atoms with Gasteiger partial charge in [-0.25, -0.2) is 4.39 Å². The van der Waals surface area contributed by atoms with Crippen molar-refractivity contribution in [3.05, 3.63) is 24.0 Å². The van der Waals surface area contributed by atoms with Gasteiger partial charge in [-0.2, -0.15) is 11.8 Å². The van der Waals surface area contributed by atoms with E-state index in [9.17, 15) is 9.18 Å². The first-order valence-electron chi connectivity index (χ1n) is 6.10. The molecule has 0 aromatic heterocycles. The van der Waals surface area contributed by atoms with E-state index in [-0.39, 0.29) is 23.5 Å². The normalized spacial score (nSPS) is 12.2. The zero-order chi connectivity index (χ0) is 14.3. The van der Waals surface area contributed by atoms with E-state index in [1.54, 1.807) is 11.8 Å². The fourth-order valence-corrected chi connectivity index (χ4v) is 2.24. The van der Waals surface area contributed by atoms with E-state index >= 15 is 0 Å². The smallest absolute Gasteiger partial charge is 0.224 e. The van der Waals surface area contributed by atoms with E-state index < -0.39 is 5.82 Å². The van der Waals surface area contributed by atoms with Crippen LogP contribution in [0, 0.1) is 5.82 Å². The quantitative estimate of drug-likeness (QED) is 0.531. The van der Waals surface area contributed by atoms with Gasteiger partial charge < -0.3 is 16.2 Å². The van der Waals surface area contributed by atoms with Crippen molar-refractivity contribution < 1.29 is 14.3 Å². The average molecular weight is 286 g/mol. The molecule has 1 amide bonds. The number of aliphatic hydroxyl groups excluding tert-OH is 1. The van der Waals surface area contributed by atoms with Crippen molar-refractivity contribution in [2.75, 3.05) is 23.4 Å². The van der Waals surface area contributed by atoms with Gasteiger partial charge in [0.1, 0.15) is 5.82 Å². The Morgan fingerprint density at radius 3 is 3.00 bits per heavy atom. The second-order valence-corrected chi connectivity index (χ2v) is 5.80. The Labute approximate surface area is 116 Å². The van der Waals surface area contributed by atoms with Gasteiger partial charge in [-0.15, -0.1) is 0 Å². The minimum atomic E-state index is -0.495. The molecule has 0 saturated heterocycles. The number of benzene rings is 1. The Morgan fingerprint density at radius 1 is 1.58 bits per heavy atom. The number of nitrogen functional groups attached to an aromatic ring is 1. The number of nitrogens with one attached hydrogen (secondary N) is 1. The second kappa shape index (κ2) is 8.01. The summed E-state index contributed by atoms with van der Waals surface area (Å²) in [5.74, 6) is 0.0572. The fraction of sp³-hybridized carbons (Fsp3) is 0.462. The third kappa shape index (κ3) is 5.94. The minimum Gasteiger partial charge on any atom is -0.399 e. The summed E-state index contributed by atoms with van der Waals surface area (Å²) in [4.78, 5) is 11.6. The zero-order valence-electron chi connectivity index (χ0n) is 10.9. The largest absolute Gasteiger partial charge is 0.399 e. The van der Waals surface area contributed by atoms with Crippen molar-refractivity contribution in [3.63, 3.8) is 0 Å². The van der Waals surface area contributed by atoms with E-state index in [0.717, 1.165) is 5.75 Å². The van der Waals surface area contributed by atoms with Crippen LogP contribution in [0.25, 0.3) is 0 Å². The third-order valence-electron chi connectivity index (χ3n) is 2.47. The Balaban J connectivity index is 2.33. The van der Waals surface area contributed by atoms with Gasteiger partial charge in [-0.3, -0.25) is 4.79 Å². The van der Waals surface area contributed by atoms with Crippen molar-refractivity contribution in [2.24, 2.45) is 0 Å². The van der Waals surface area contributed by atoms with Crippen LogP contribution in [0.15, 0.2) is 18.2 Å². The number of hydrogen-bond donors (Lipinski definition) is 3. The molecular weight excluding hydrogens is 267 g/mol. The maximum absolute atomic E-state index is 13.4. The lowest BCUT2D eigenvalue weighted by Gasteiger charge is -2.08. The van der Waals surface area contributed by atoms with Crippen molar-refractivity contribution in [1.29, 1.82) is 0 Å². The first-order chi connectivity index (χ1) is 9.02. The van der Waals surface area contributed by atoms with E-state index in [0.29, 0.717) is 18.5 Å². The molecule has 0 heterocycles. The fourth-order valence-electron chi connectivity index (χ4n) is 1.42. The predicted molar refractivity (Wildman–Crippen MR) is 77.7 cm³/mol. The topological polar surface area (TPSA) is 75.3 Å². The molecule has 0 aliphatic heterocycles. The van der Waals surface area contributed by atoms with Crippen molar-refractivity contribution in [3.8, 4) is 0 Å². The van der Waals surface area contributed by atoms with E-state index in [1.165, 1.54) is 18.2 Å². The van der Waals surface area contributed by atoms with E-state index in [4.69, 9.17) is 10.8 Å². The molecule has 0 aliphatic rings. The third-order valence-corrected chi connectivity index (χ3v) is 3.71. The predicted octanol–water partition coefficient (Wildman–Crippen LogP) is 2.24. The Bertz CT molecular complexity index is 429. The van der Waals surface area contributed by atoms with Gasteiger partial charge in [0.15, 0.2) is 0 Å². The van der Waals surface area contributed by atoms with Crippen LogP contribution < -0.4 is 11.1 Å². The molecule has 0 bridgehead atoms. The number of aliphatic hydroxyl groups is 1. The number of anilines is 2. The highest BCUT2D eigenvalue weighted by molar-refractivity contribution is 7.99. The summed E-state index contributed by atoms with van der Waals surface area (Å²) in [5.41, 5.74) is 6.05. The van der Waals surface area contributed by atoms with Gasteiger partial charge in [0.05, 0.1) is 12.3 Å². The van der Waals surface area contributed by atoms with Crippen LogP contribution in [0.4, 0.5) is 15.8 Å². The first-order valence-corrected chi connectivity index (χ1v) is 7.15. The van der Waals surface area contributed by atoms with Gasteiger partial charge in [-0.1, -0.05) is 6.92 Å². The summed E-state index contributed by atoms with van der Waals surface area (Å²) < 4.78 is 13.4. The number of carbonyl (C=O) groups is 1. The molecule has 19 heavy (non-hydrogen) atoms. The number of hydrogen-bond acceptors (Lipinski definition) is 4. The number of carbonyl (C=O) groups excluding carboxylic acids is 1. The van der Waals surface area contributed by atoms with Crippen LogP contribution in [0.2, 0.25) is 0 Å². The molecule has 1 aromatic carbocycles. The van der Waals surface area contributed by atoms with Gasteiger partial charge in [0.25, 0.3) is 0 Å². The number of halogens is 1. The van der Waals surface area contributed by atoms with Gasteiger partial charge in [-0.05, 0) is 30.4 Å². The standard InChI is InChI=1S/C13H19FN2O2S/c1-9(8-17)19-6-2-3-13(18)16-12-7-10(15)4-5-11(12)14/h4-5,7,9,17H,2-3,6,8,15H2,1H3,(H,16,18). The molecule has 1 rings (SSSR count). The molecule has 106 valence electrons. The maximum atomic E-state index is 13.4. The van der Waals surface area contributed by atoms with Gasteiger partial charge in [0, 0.05) is 17.4 Å². The lowest BCUT2D eigenvalue weighted by molar-refractivity contribution is -0.116. The second-order valence-electron chi connectivity index (χ2n) is 4.25. The summed E-state index contributed by atoms with van der Waals surface area (Å²) in [6.07, 6.45) is 1.00. The van der Waals surface area contributed by atoms with Gasteiger partial charge in [0.2, 0.25) is 5.91 Å². The van der Waals surface area contributed by atoms with Crippen molar-refractivity contribution in [2.45, 2.75) is 25.0 Å². The molecule has 0 fully saturated rings. The molecule has 0 saturated carbocycles.